The first kappa shape index (κ1) is 18.0. The van der Waals surface area contributed by atoms with Crippen LogP contribution >= 0.6 is 0 Å². The molecular formula is C17H31N3O3. The third-order valence-electron chi connectivity index (χ3n) is 4.77. The monoisotopic (exact) mass is 325 g/mol. The topological polar surface area (TPSA) is 61.9 Å². The number of hydrogen-bond donors (Lipinski definition) is 1. The maximum atomic E-state index is 12.1. The van der Waals surface area contributed by atoms with Crippen LogP contribution in [-0.4, -0.2) is 67.2 Å². The second kappa shape index (κ2) is 9.75. The van der Waals surface area contributed by atoms with E-state index in [1.807, 2.05) is 6.92 Å². The molecule has 0 bridgehead atoms. The lowest BCUT2D eigenvalue weighted by molar-refractivity contribution is -0.122. The first-order chi connectivity index (χ1) is 11.2. The molecule has 1 N–H and O–H groups in total. The molecule has 2 fully saturated rings. The molecule has 0 unspecified atom stereocenters. The van der Waals surface area contributed by atoms with Gasteiger partial charge in [0.15, 0.2) is 0 Å². The fourth-order valence-corrected chi connectivity index (χ4v) is 3.35. The number of hydrogen-bond acceptors (Lipinski definition) is 4. The Kier molecular flexibility index (Phi) is 7.65. The summed E-state index contributed by atoms with van der Waals surface area (Å²) in [5.74, 6) is 0.171. The molecule has 6 heteroatoms. The minimum Gasteiger partial charge on any atom is -0.450 e. The third-order valence-corrected chi connectivity index (χ3v) is 4.77. The second-order valence-electron chi connectivity index (χ2n) is 6.53. The van der Waals surface area contributed by atoms with Crippen molar-refractivity contribution >= 4 is 12.0 Å². The molecule has 0 radical (unpaired) electrons. The number of amides is 2. The molecule has 0 aromatic heterocycles. The average molecular weight is 325 g/mol. The minimum atomic E-state index is -0.224. The van der Waals surface area contributed by atoms with E-state index in [2.05, 4.69) is 10.2 Å². The Hall–Kier alpha value is -1.30. The van der Waals surface area contributed by atoms with Crippen LogP contribution in [0.25, 0.3) is 0 Å². The standard InChI is InChI=1S/C17H31N3O3/c1-2-23-17(22)20-13-11-19(12-14-20)10-9-16(21)18-15-7-5-3-4-6-8-15/h15H,2-14H2,1H3,(H,18,21). The molecule has 1 saturated carbocycles. The molecule has 2 aliphatic rings. The molecular weight excluding hydrogens is 294 g/mol. The van der Waals surface area contributed by atoms with E-state index in [-0.39, 0.29) is 12.0 Å². The molecule has 1 aliphatic carbocycles. The Morgan fingerprint density at radius 2 is 1.70 bits per heavy atom. The van der Waals surface area contributed by atoms with Gasteiger partial charge in [-0.25, -0.2) is 4.79 Å². The Bertz CT molecular complexity index is 373. The molecule has 1 saturated heterocycles. The average Bonchev–Trinajstić information content (AvgIpc) is 2.82. The summed E-state index contributed by atoms with van der Waals surface area (Å²) in [7, 11) is 0. The summed E-state index contributed by atoms with van der Waals surface area (Å²) >= 11 is 0. The molecule has 1 heterocycles. The van der Waals surface area contributed by atoms with Crippen molar-refractivity contribution in [3.05, 3.63) is 0 Å². The maximum absolute atomic E-state index is 12.1. The van der Waals surface area contributed by atoms with Crippen LogP contribution in [0.4, 0.5) is 4.79 Å². The number of nitrogens with zero attached hydrogens (tertiary/aromatic N) is 2. The number of nitrogens with one attached hydrogen (secondary N) is 1. The van der Waals surface area contributed by atoms with E-state index < -0.39 is 0 Å². The Balaban J connectivity index is 1.61. The van der Waals surface area contributed by atoms with Gasteiger partial charge in [0, 0.05) is 45.2 Å². The Morgan fingerprint density at radius 1 is 1.04 bits per heavy atom. The van der Waals surface area contributed by atoms with Gasteiger partial charge in [-0.1, -0.05) is 25.7 Å². The van der Waals surface area contributed by atoms with Gasteiger partial charge in [-0.2, -0.15) is 0 Å². The smallest absolute Gasteiger partial charge is 0.409 e. The van der Waals surface area contributed by atoms with Crippen molar-refractivity contribution in [2.24, 2.45) is 0 Å². The molecule has 0 aromatic carbocycles. The molecule has 0 atom stereocenters. The first-order valence-electron chi connectivity index (χ1n) is 9.12. The molecule has 2 amide bonds. The van der Waals surface area contributed by atoms with E-state index in [1.54, 1.807) is 4.90 Å². The van der Waals surface area contributed by atoms with Crippen LogP contribution in [0.2, 0.25) is 0 Å². The highest BCUT2D eigenvalue weighted by molar-refractivity contribution is 5.76. The number of carbonyl (C=O) groups excluding carboxylic acids is 2. The normalized spacial score (nSPS) is 20.8. The summed E-state index contributed by atoms with van der Waals surface area (Å²) in [6.07, 6.45) is 7.66. The summed E-state index contributed by atoms with van der Waals surface area (Å²) in [5.41, 5.74) is 0. The summed E-state index contributed by atoms with van der Waals surface area (Å²) in [4.78, 5) is 27.7. The van der Waals surface area contributed by atoms with Crippen molar-refractivity contribution in [2.45, 2.75) is 57.9 Å². The fourth-order valence-electron chi connectivity index (χ4n) is 3.35. The minimum absolute atomic E-state index is 0.171. The zero-order valence-electron chi connectivity index (χ0n) is 14.4. The van der Waals surface area contributed by atoms with E-state index in [0.29, 0.717) is 32.2 Å². The molecule has 132 valence electrons. The van der Waals surface area contributed by atoms with Crippen LogP contribution in [-0.2, 0) is 9.53 Å². The molecule has 1 aliphatic heterocycles. The van der Waals surface area contributed by atoms with Gasteiger partial charge in [-0.15, -0.1) is 0 Å². The first-order valence-corrected chi connectivity index (χ1v) is 9.12. The van der Waals surface area contributed by atoms with Crippen molar-refractivity contribution in [1.29, 1.82) is 0 Å². The van der Waals surface area contributed by atoms with Gasteiger partial charge in [0.05, 0.1) is 6.61 Å². The molecule has 23 heavy (non-hydrogen) atoms. The Labute approximate surface area is 139 Å². The number of rotatable bonds is 5. The van der Waals surface area contributed by atoms with Crippen molar-refractivity contribution < 1.29 is 14.3 Å². The van der Waals surface area contributed by atoms with Crippen LogP contribution in [0.5, 0.6) is 0 Å². The third kappa shape index (κ3) is 6.37. The molecule has 2 rings (SSSR count). The van der Waals surface area contributed by atoms with E-state index in [4.69, 9.17) is 4.74 Å². The quantitative estimate of drug-likeness (QED) is 0.785. The fraction of sp³-hybridized carbons (Fsp3) is 0.882. The Morgan fingerprint density at radius 3 is 2.30 bits per heavy atom. The van der Waals surface area contributed by atoms with Crippen molar-refractivity contribution in [3.8, 4) is 0 Å². The van der Waals surface area contributed by atoms with E-state index in [9.17, 15) is 9.59 Å². The SMILES string of the molecule is CCOC(=O)N1CCN(CCC(=O)NC2CCCCCC2)CC1. The zero-order valence-corrected chi connectivity index (χ0v) is 14.4. The van der Waals surface area contributed by atoms with Crippen LogP contribution in [0.1, 0.15) is 51.9 Å². The summed E-state index contributed by atoms with van der Waals surface area (Å²) in [6.45, 7) is 6.01. The van der Waals surface area contributed by atoms with Crippen molar-refractivity contribution in [2.75, 3.05) is 39.3 Å². The van der Waals surface area contributed by atoms with Gasteiger partial charge in [0.25, 0.3) is 0 Å². The second-order valence-corrected chi connectivity index (χ2v) is 6.53. The van der Waals surface area contributed by atoms with Crippen molar-refractivity contribution in [3.63, 3.8) is 0 Å². The van der Waals surface area contributed by atoms with Gasteiger partial charge in [-0.3, -0.25) is 9.69 Å². The number of ether oxygens (including phenoxy) is 1. The van der Waals surface area contributed by atoms with Gasteiger partial charge in [0.2, 0.25) is 5.91 Å². The molecule has 0 aromatic rings. The maximum Gasteiger partial charge on any atom is 0.409 e. The van der Waals surface area contributed by atoms with E-state index >= 15 is 0 Å². The van der Waals surface area contributed by atoms with Crippen LogP contribution < -0.4 is 5.32 Å². The molecule has 0 spiro atoms. The largest absolute Gasteiger partial charge is 0.450 e. The van der Waals surface area contributed by atoms with E-state index in [0.717, 1.165) is 32.5 Å². The molecule has 6 nitrogen and oxygen atoms in total. The van der Waals surface area contributed by atoms with Crippen LogP contribution in [0, 0.1) is 0 Å². The highest BCUT2D eigenvalue weighted by atomic mass is 16.6. The van der Waals surface area contributed by atoms with Crippen molar-refractivity contribution in [1.82, 2.24) is 15.1 Å². The summed E-state index contributed by atoms with van der Waals surface area (Å²) in [6, 6.07) is 0.380. The van der Waals surface area contributed by atoms with Gasteiger partial charge >= 0.3 is 6.09 Å². The predicted octanol–water partition coefficient (Wildman–Crippen LogP) is 1.99. The van der Waals surface area contributed by atoms with Gasteiger partial charge < -0.3 is 15.0 Å². The van der Waals surface area contributed by atoms with Gasteiger partial charge in [-0.05, 0) is 19.8 Å². The highest BCUT2D eigenvalue weighted by Gasteiger charge is 2.22. The summed E-state index contributed by atoms with van der Waals surface area (Å²) in [5, 5.41) is 3.19. The number of piperazine rings is 1. The lowest BCUT2D eigenvalue weighted by Crippen LogP contribution is -2.49. The highest BCUT2D eigenvalue weighted by Crippen LogP contribution is 2.17. The van der Waals surface area contributed by atoms with Gasteiger partial charge in [0.1, 0.15) is 0 Å². The zero-order chi connectivity index (χ0) is 16.5. The van der Waals surface area contributed by atoms with Crippen LogP contribution in [0.3, 0.4) is 0 Å². The summed E-state index contributed by atoms with van der Waals surface area (Å²) < 4.78 is 5.01. The van der Waals surface area contributed by atoms with Crippen LogP contribution in [0.15, 0.2) is 0 Å². The lowest BCUT2D eigenvalue weighted by Gasteiger charge is -2.33. The lowest BCUT2D eigenvalue weighted by atomic mass is 10.1. The predicted molar refractivity (Wildman–Crippen MR) is 89.3 cm³/mol. The van der Waals surface area contributed by atoms with E-state index in [1.165, 1.54) is 25.7 Å². The number of carbonyl (C=O) groups is 2.